The molecule has 0 radical (unpaired) electrons. The molecule has 0 aliphatic heterocycles. The molecule has 1 aromatic rings. The van der Waals surface area contributed by atoms with E-state index in [2.05, 4.69) is 50.1 Å². The number of rotatable bonds is 7. The number of nitrogens with two attached hydrogens (primary N) is 1. The van der Waals surface area contributed by atoms with Crippen LogP contribution in [0.2, 0.25) is 0 Å². The first kappa shape index (κ1) is 17.9. The summed E-state index contributed by atoms with van der Waals surface area (Å²) >= 11 is 1.71. The van der Waals surface area contributed by atoms with Crippen LogP contribution in [0.4, 0.5) is 0 Å². The Morgan fingerprint density at radius 1 is 1.48 bits per heavy atom. The highest BCUT2D eigenvalue weighted by Gasteiger charge is 2.18. The average Bonchev–Trinajstić information content (AvgIpc) is 2.83. The average molecular weight is 312 g/mol. The third-order valence-electron chi connectivity index (χ3n) is 3.12. The van der Waals surface area contributed by atoms with Crippen molar-refractivity contribution in [1.82, 2.24) is 9.88 Å². The van der Waals surface area contributed by atoms with E-state index >= 15 is 0 Å². The summed E-state index contributed by atoms with van der Waals surface area (Å²) < 4.78 is 0. The molecule has 0 saturated heterocycles. The smallest absolute Gasteiger partial charge is 0.140 e. The zero-order valence-corrected chi connectivity index (χ0v) is 14.6. The zero-order valence-electron chi connectivity index (χ0n) is 13.8. The van der Waals surface area contributed by atoms with Crippen LogP contribution in [0.1, 0.15) is 51.7 Å². The van der Waals surface area contributed by atoms with Crippen LogP contribution in [-0.4, -0.2) is 34.0 Å². The van der Waals surface area contributed by atoms with E-state index in [4.69, 9.17) is 15.9 Å². The molecular weight excluding hydrogens is 284 g/mol. The SMILES string of the molecule is CC(C)CN(CCC(N)=NO)Cc1nc(C(C)(C)C)cs1. The van der Waals surface area contributed by atoms with Gasteiger partial charge in [-0.3, -0.25) is 4.90 Å². The number of nitrogens with zero attached hydrogens (tertiary/aromatic N) is 3. The van der Waals surface area contributed by atoms with Crippen molar-refractivity contribution in [3.05, 3.63) is 16.1 Å². The molecule has 0 atom stereocenters. The predicted molar refractivity (Wildman–Crippen MR) is 89.0 cm³/mol. The van der Waals surface area contributed by atoms with Crippen LogP contribution in [-0.2, 0) is 12.0 Å². The second-order valence-electron chi connectivity index (χ2n) is 6.85. The normalized spacial score (nSPS) is 13.4. The van der Waals surface area contributed by atoms with Gasteiger partial charge in [0.2, 0.25) is 0 Å². The van der Waals surface area contributed by atoms with Crippen molar-refractivity contribution in [3.8, 4) is 0 Å². The molecule has 21 heavy (non-hydrogen) atoms. The molecule has 0 amide bonds. The summed E-state index contributed by atoms with van der Waals surface area (Å²) in [5, 5.41) is 15.0. The van der Waals surface area contributed by atoms with Crippen LogP contribution in [0, 0.1) is 5.92 Å². The molecule has 0 unspecified atom stereocenters. The number of hydrogen-bond acceptors (Lipinski definition) is 5. The van der Waals surface area contributed by atoms with E-state index in [-0.39, 0.29) is 11.3 Å². The van der Waals surface area contributed by atoms with Crippen molar-refractivity contribution in [2.24, 2.45) is 16.8 Å². The maximum Gasteiger partial charge on any atom is 0.140 e. The van der Waals surface area contributed by atoms with Gasteiger partial charge in [-0.25, -0.2) is 4.98 Å². The van der Waals surface area contributed by atoms with Gasteiger partial charge in [0.25, 0.3) is 0 Å². The number of amidine groups is 1. The Bertz CT molecular complexity index is 462. The zero-order chi connectivity index (χ0) is 16.0. The van der Waals surface area contributed by atoms with Crippen molar-refractivity contribution >= 4 is 17.2 Å². The lowest BCUT2D eigenvalue weighted by Crippen LogP contribution is -2.31. The minimum Gasteiger partial charge on any atom is -0.409 e. The Morgan fingerprint density at radius 3 is 2.62 bits per heavy atom. The van der Waals surface area contributed by atoms with Gasteiger partial charge in [-0.2, -0.15) is 0 Å². The first-order valence-electron chi connectivity index (χ1n) is 7.36. The quantitative estimate of drug-likeness (QED) is 0.351. The molecule has 1 rings (SSSR count). The molecule has 0 saturated carbocycles. The summed E-state index contributed by atoms with van der Waals surface area (Å²) in [6.07, 6.45) is 0.570. The van der Waals surface area contributed by atoms with Crippen LogP contribution in [0.25, 0.3) is 0 Å². The Kier molecular flexibility index (Phi) is 6.61. The number of aromatic nitrogens is 1. The molecule has 6 heteroatoms. The van der Waals surface area contributed by atoms with Gasteiger partial charge < -0.3 is 10.9 Å². The van der Waals surface area contributed by atoms with E-state index in [0.29, 0.717) is 12.3 Å². The summed E-state index contributed by atoms with van der Waals surface area (Å²) in [5.74, 6) is 0.845. The summed E-state index contributed by atoms with van der Waals surface area (Å²) in [4.78, 5) is 7.06. The van der Waals surface area contributed by atoms with Gasteiger partial charge in [-0.1, -0.05) is 39.8 Å². The molecule has 1 aromatic heterocycles. The molecule has 1 heterocycles. The van der Waals surface area contributed by atoms with Gasteiger partial charge in [-0.15, -0.1) is 11.3 Å². The van der Waals surface area contributed by atoms with Crippen molar-refractivity contribution in [1.29, 1.82) is 0 Å². The number of oxime groups is 1. The largest absolute Gasteiger partial charge is 0.409 e. The maximum absolute atomic E-state index is 8.65. The van der Waals surface area contributed by atoms with Crippen molar-refractivity contribution < 1.29 is 5.21 Å². The minimum atomic E-state index is 0.0889. The second kappa shape index (κ2) is 7.75. The molecule has 0 fully saturated rings. The molecule has 0 aromatic carbocycles. The van der Waals surface area contributed by atoms with E-state index in [9.17, 15) is 0 Å². The lowest BCUT2D eigenvalue weighted by Gasteiger charge is -2.23. The maximum atomic E-state index is 8.65. The van der Waals surface area contributed by atoms with E-state index in [1.54, 1.807) is 11.3 Å². The van der Waals surface area contributed by atoms with Gasteiger partial charge in [0.15, 0.2) is 0 Å². The molecule has 0 bridgehead atoms. The fourth-order valence-electron chi connectivity index (χ4n) is 1.99. The van der Waals surface area contributed by atoms with Gasteiger partial charge in [0, 0.05) is 30.3 Å². The Balaban J connectivity index is 2.69. The van der Waals surface area contributed by atoms with Crippen LogP contribution in [0.5, 0.6) is 0 Å². The Labute approximate surface area is 131 Å². The minimum absolute atomic E-state index is 0.0889. The Hall–Kier alpha value is -1.14. The molecular formula is C15H28N4OS. The van der Waals surface area contributed by atoms with E-state index in [0.717, 1.165) is 30.3 Å². The summed E-state index contributed by atoms with van der Waals surface area (Å²) in [5.41, 5.74) is 6.80. The fourth-order valence-corrected chi connectivity index (χ4v) is 3.06. The van der Waals surface area contributed by atoms with Gasteiger partial charge >= 0.3 is 0 Å². The first-order chi connectivity index (χ1) is 9.72. The number of thiazole rings is 1. The van der Waals surface area contributed by atoms with E-state index < -0.39 is 0 Å². The third kappa shape index (κ3) is 6.44. The monoisotopic (exact) mass is 312 g/mol. The molecule has 0 spiro atoms. The van der Waals surface area contributed by atoms with Crippen LogP contribution in [0.15, 0.2) is 10.5 Å². The molecule has 3 N–H and O–H groups in total. The second-order valence-corrected chi connectivity index (χ2v) is 7.79. The van der Waals surface area contributed by atoms with Crippen molar-refractivity contribution in [3.63, 3.8) is 0 Å². The fraction of sp³-hybridized carbons (Fsp3) is 0.733. The highest BCUT2D eigenvalue weighted by atomic mass is 32.1. The molecule has 0 aliphatic rings. The van der Waals surface area contributed by atoms with Gasteiger partial charge in [-0.05, 0) is 5.92 Å². The molecule has 120 valence electrons. The van der Waals surface area contributed by atoms with Crippen LogP contribution < -0.4 is 5.73 Å². The Morgan fingerprint density at radius 2 is 2.14 bits per heavy atom. The van der Waals surface area contributed by atoms with E-state index in [1.807, 2.05) is 0 Å². The lowest BCUT2D eigenvalue weighted by atomic mass is 9.93. The topological polar surface area (TPSA) is 74.7 Å². The summed E-state index contributed by atoms with van der Waals surface area (Å²) in [6, 6.07) is 0. The van der Waals surface area contributed by atoms with Crippen molar-refractivity contribution in [2.75, 3.05) is 13.1 Å². The summed E-state index contributed by atoms with van der Waals surface area (Å²) in [7, 11) is 0. The predicted octanol–water partition coefficient (Wildman–Crippen LogP) is 3.04. The van der Waals surface area contributed by atoms with Crippen LogP contribution >= 0.6 is 11.3 Å². The van der Waals surface area contributed by atoms with Crippen molar-refractivity contribution in [2.45, 2.75) is 53.0 Å². The summed E-state index contributed by atoms with van der Waals surface area (Å²) in [6.45, 7) is 13.5. The molecule has 5 nitrogen and oxygen atoms in total. The van der Waals surface area contributed by atoms with Gasteiger partial charge in [0.05, 0.1) is 12.2 Å². The highest BCUT2D eigenvalue weighted by Crippen LogP contribution is 2.24. The lowest BCUT2D eigenvalue weighted by molar-refractivity contribution is 0.240. The molecule has 0 aliphatic carbocycles. The van der Waals surface area contributed by atoms with Crippen LogP contribution in [0.3, 0.4) is 0 Å². The number of hydrogen-bond donors (Lipinski definition) is 2. The first-order valence-corrected chi connectivity index (χ1v) is 8.24. The third-order valence-corrected chi connectivity index (χ3v) is 3.95. The standard InChI is InChI=1S/C15H28N4OS/c1-11(2)8-19(7-6-13(16)18-20)9-14-17-12(10-21-14)15(3,4)5/h10-11,20H,6-9H2,1-5H3,(H2,16,18). The highest BCUT2D eigenvalue weighted by molar-refractivity contribution is 7.09. The van der Waals surface area contributed by atoms with E-state index in [1.165, 1.54) is 0 Å². The van der Waals surface area contributed by atoms with Gasteiger partial charge in [0.1, 0.15) is 10.8 Å².